The molecule has 2 N–H and O–H groups in total. The van der Waals surface area contributed by atoms with Crippen LogP contribution in [0.25, 0.3) is 0 Å². The van der Waals surface area contributed by atoms with Gasteiger partial charge in [0, 0.05) is 34.4 Å². The molecule has 0 radical (unpaired) electrons. The van der Waals surface area contributed by atoms with Crippen LogP contribution in [-0.4, -0.2) is 42.2 Å². The molecule has 2 atom stereocenters. The van der Waals surface area contributed by atoms with Crippen molar-refractivity contribution in [3.63, 3.8) is 0 Å². The van der Waals surface area contributed by atoms with E-state index in [0.29, 0.717) is 17.2 Å². The number of nitrogens with one attached hydrogen (secondary N) is 2. The highest BCUT2D eigenvalue weighted by Gasteiger charge is 2.44. The predicted octanol–water partition coefficient (Wildman–Crippen LogP) is 6.96. The van der Waals surface area contributed by atoms with E-state index in [0.717, 1.165) is 61.7 Å². The fourth-order valence-electron chi connectivity index (χ4n) is 6.68. The molecule has 10 heteroatoms. The van der Waals surface area contributed by atoms with Crippen molar-refractivity contribution >= 4 is 23.3 Å². The SMILES string of the molecule is Cc1ccc(N2C(=O)c3n[nH]c(C)c3C2c2ccccc2C)cn1.Cc1ccc(N2C(=O)c3n[nH]c(C)c3C2c2ccccc2C)nc1. The molecular formula is C38H36N8O2. The number of aromatic amines is 2. The number of hydrogen-bond donors (Lipinski definition) is 2. The van der Waals surface area contributed by atoms with Crippen LogP contribution in [-0.2, 0) is 0 Å². The summed E-state index contributed by atoms with van der Waals surface area (Å²) in [6, 6.07) is 23.6. The molecule has 2 aromatic carbocycles. The van der Waals surface area contributed by atoms with E-state index in [1.807, 2.05) is 76.2 Å². The van der Waals surface area contributed by atoms with E-state index in [2.05, 4.69) is 68.5 Å². The molecule has 0 bridgehead atoms. The molecule has 6 heterocycles. The maximum absolute atomic E-state index is 13.0. The minimum Gasteiger partial charge on any atom is -0.294 e. The molecule has 0 aliphatic carbocycles. The first-order valence-corrected chi connectivity index (χ1v) is 15.9. The second-order valence-corrected chi connectivity index (χ2v) is 12.4. The molecule has 0 fully saturated rings. The normalized spacial score (nSPS) is 16.5. The minimum absolute atomic E-state index is 0.0896. The van der Waals surface area contributed by atoms with E-state index in [-0.39, 0.29) is 23.9 Å². The van der Waals surface area contributed by atoms with Crippen molar-refractivity contribution in [3.8, 4) is 0 Å². The van der Waals surface area contributed by atoms with E-state index in [4.69, 9.17) is 0 Å². The summed E-state index contributed by atoms with van der Waals surface area (Å²) in [7, 11) is 0. The number of carbonyl (C=O) groups excluding carboxylic acids is 2. The van der Waals surface area contributed by atoms with E-state index < -0.39 is 0 Å². The van der Waals surface area contributed by atoms with Crippen molar-refractivity contribution in [3.05, 3.63) is 153 Å². The third kappa shape index (κ3) is 5.06. The van der Waals surface area contributed by atoms with E-state index in [1.54, 1.807) is 22.2 Å². The maximum Gasteiger partial charge on any atom is 0.281 e. The third-order valence-corrected chi connectivity index (χ3v) is 9.18. The van der Waals surface area contributed by atoms with Gasteiger partial charge in [0.05, 0.1) is 24.0 Å². The number of anilines is 2. The van der Waals surface area contributed by atoms with Gasteiger partial charge in [-0.05, 0) is 87.6 Å². The second kappa shape index (κ2) is 12.0. The number of H-pyrrole nitrogens is 2. The summed E-state index contributed by atoms with van der Waals surface area (Å²) in [5, 5.41) is 14.4. The lowest BCUT2D eigenvalue weighted by Gasteiger charge is -2.27. The molecule has 0 saturated carbocycles. The van der Waals surface area contributed by atoms with Crippen LogP contribution in [0.5, 0.6) is 0 Å². The Labute approximate surface area is 278 Å². The molecule has 6 aromatic rings. The summed E-state index contributed by atoms with van der Waals surface area (Å²) in [6.45, 7) is 12.0. The fourth-order valence-corrected chi connectivity index (χ4v) is 6.68. The number of aromatic nitrogens is 6. The lowest BCUT2D eigenvalue weighted by atomic mass is 9.95. The van der Waals surface area contributed by atoms with Crippen molar-refractivity contribution in [1.29, 1.82) is 0 Å². The van der Waals surface area contributed by atoms with Gasteiger partial charge < -0.3 is 0 Å². The summed E-state index contributed by atoms with van der Waals surface area (Å²) in [5.74, 6) is 0.448. The highest BCUT2D eigenvalue weighted by molar-refractivity contribution is 6.11. The van der Waals surface area contributed by atoms with Gasteiger partial charge in [0.1, 0.15) is 5.82 Å². The average Bonchev–Trinajstić information content (AvgIpc) is 3.81. The minimum atomic E-state index is -0.206. The maximum atomic E-state index is 13.0. The highest BCUT2D eigenvalue weighted by Crippen LogP contribution is 2.44. The van der Waals surface area contributed by atoms with Crippen LogP contribution in [0.3, 0.4) is 0 Å². The second-order valence-electron chi connectivity index (χ2n) is 12.4. The first-order chi connectivity index (χ1) is 23.2. The number of amides is 2. The Bertz CT molecular complexity index is 2010. The molecule has 2 amide bonds. The monoisotopic (exact) mass is 636 g/mol. The zero-order chi connectivity index (χ0) is 33.7. The number of rotatable bonds is 4. The number of hydrogen-bond acceptors (Lipinski definition) is 6. The Morgan fingerprint density at radius 1 is 0.583 bits per heavy atom. The number of nitrogens with zero attached hydrogens (tertiary/aromatic N) is 6. The van der Waals surface area contributed by atoms with Gasteiger partial charge in [-0.3, -0.25) is 34.6 Å². The van der Waals surface area contributed by atoms with Gasteiger partial charge in [0.15, 0.2) is 11.4 Å². The van der Waals surface area contributed by atoms with Gasteiger partial charge in [-0.15, -0.1) is 0 Å². The van der Waals surface area contributed by atoms with Crippen LogP contribution in [0.15, 0.2) is 85.2 Å². The van der Waals surface area contributed by atoms with Crippen molar-refractivity contribution in [2.75, 3.05) is 9.80 Å². The molecular weight excluding hydrogens is 600 g/mol. The first kappa shape index (κ1) is 30.7. The number of pyridine rings is 2. The zero-order valence-corrected chi connectivity index (χ0v) is 27.7. The van der Waals surface area contributed by atoms with Crippen LogP contribution >= 0.6 is 0 Å². The van der Waals surface area contributed by atoms with E-state index in [1.165, 1.54) is 0 Å². The molecule has 0 spiro atoms. The summed E-state index contributed by atoms with van der Waals surface area (Å²) in [4.78, 5) is 38.4. The topological polar surface area (TPSA) is 124 Å². The molecule has 0 saturated heterocycles. The smallest absolute Gasteiger partial charge is 0.281 e. The molecule has 48 heavy (non-hydrogen) atoms. The number of aryl methyl sites for hydroxylation is 6. The largest absolute Gasteiger partial charge is 0.294 e. The fraction of sp³-hybridized carbons (Fsp3) is 0.211. The van der Waals surface area contributed by atoms with Crippen molar-refractivity contribution in [2.24, 2.45) is 0 Å². The molecule has 240 valence electrons. The molecule has 2 aliphatic heterocycles. The average molecular weight is 637 g/mol. The predicted molar refractivity (Wildman–Crippen MR) is 184 cm³/mol. The Balaban J connectivity index is 0.000000152. The molecule has 2 unspecified atom stereocenters. The number of fused-ring (bicyclic) bond motifs is 2. The summed E-state index contributed by atoms with van der Waals surface area (Å²) in [5.41, 5.74) is 12.0. The van der Waals surface area contributed by atoms with Crippen LogP contribution in [0, 0.1) is 41.5 Å². The summed E-state index contributed by atoms with van der Waals surface area (Å²) >= 11 is 0. The highest BCUT2D eigenvalue weighted by atomic mass is 16.2. The molecule has 8 rings (SSSR count). The lowest BCUT2D eigenvalue weighted by molar-refractivity contribution is 0.0980. The van der Waals surface area contributed by atoms with Crippen LogP contribution in [0.2, 0.25) is 0 Å². The van der Waals surface area contributed by atoms with Crippen LogP contribution in [0.4, 0.5) is 11.5 Å². The van der Waals surface area contributed by atoms with Crippen molar-refractivity contribution in [2.45, 2.75) is 53.6 Å². The van der Waals surface area contributed by atoms with Gasteiger partial charge in [0.25, 0.3) is 11.8 Å². The first-order valence-electron chi connectivity index (χ1n) is 15.9. The Morgan fingerprint density at radius 2 is 1.12 bits per heavy atom. The van der Waals surface area contributed by atoms with Crippen LogP contribution in [0.1, 0.15) is 89.1 Å². The third-order valence-electron chi connectivity index (χ3n) is 9.18. The summed E-state index contributed by atoms with van der Waals surface area (Å²) in [6.07, 6.45) is 3.54. The Morgan fingerprint density at radius 3 is 1.62 bits per heavy atom. The standard InChI is InChI=1S/2C19H18N4O/c1-11-8-9-15(20-10-11)23-18(14-7-5-4-6-12(14)2)16-13(3)21-22-17(16)19(23)24;1-11-6-4-5-7-15(11)18-16-13(3)21-22-17(16)19(24)23(18)14-9-8-12(2)20-10-14/h2*4-10,18H,1-3H3,(H,21,22). The van der Waals surface area contributed by atoms with Gasteiger partial charge in [-0.25, -0.2) is 4.98 Å². The van der Waals surface area contributed by atoms with Crippen molar-refractivity contribution < 1.29 is 9.59 Å². The Hall–Kier alpha value is -5.90. The van der Waals surface area contributed by atoms with Gasteiger partial charge in [0.2, 0.25) is 0 Å². The van der Waals surface area contributed by atoms with Crippen LogP contribution < -0.4 is 9.80 Å². The lowest BCUT2D eigenvalue weighted by Crippen LogP contribution is -2.30. The quantitative estimate of drug-likeness (QED) is 0.216. The summed E-state index contributed by atoms with van der Waals surface area (Å²) < 4.78 is 0. The zero-order valence-electron chi connectivity index (χ0n) is 27.7. The van der Waals surface area contributed by atoms with E-state index in [9.17, 15) is 9.59 Å². The van der Waals surface area contributed by atoms with Crippen molar-refractivity contribution in [1.82, 2.24) is 30.4 Å². The number of benzene rings is 2. The molecule has 10 nitrogen and oxygen atoms in total. The van der Waals surface area contributed by atoms with E-state index >= 15 is 0 Å². The molecule has 2 aliphatic rings. The number of carbonyl (C=O) groups is 2. The molecule has 4 aromatic heterocycles. The van der Waals surface area contributed by atoms with Gasteiger partial charge in [-0.1, -0.05) is 54.6 Å². The van der Waals surface area contributed by atoms with Gasteiger partial charge in [-0.2, -0.15) is 10.2 Å². The Kier molecular flexibility index (Phi) is 7.71. The van der Waals surface area contributed by atoms with Gasteiger partial charge >= 0.3 is 0 Å².